The van der Waals surface area contributed by atoms with Crippen LogP contribution in [0.15, 0.2) is 0 Å². The summed E-state index contributed by atoms with van der Waals surface area (Å²) in [5.41, 5.74) is -1.96. The molecule has 27 rings (SSSR count). The van der Waals surface area contributed by atoms with Crippen LogP contribution in [0.1, 0.15) is 69.2 Å². The third-order valence-electron chi connectivity index (χ3n) is 19.2. The molecule has 27 fully saturated rings. The molecule has 528 valence electrons. The van der Waals surface area contributed by atoms with E-state index in [0.29, 0.717) is 0 Å². The second kappa shape index (κ2) is 28.4. The Bertz CT molecular complexity index is 2360. The van der Waals surface area contributed by atoms with E-state index in [-0.39, 0.29) is 0 Å². The van der Waals surface area contributed by atoms with E-state index in [1.54, 1.807) is 0 Å². The van der Waals surface area contributed by atoms with E-state index >= 15 is 0 Å². The van der Waals surface area contributed by atoms with Crippen LogP contribution in [0.25, 0.3) is 0 Å². The predicted octanol–water partition coefficient (Wildman–Crippen LogP) is -9.94. The molecular weight excluding hydrogens is 1240 g/mol. The molecule has 36 heteroatoms. The van der Waals surface area contributed by atoms with E-state index < -0.39 is 276 Å². The quantitative estimate of drug-likeness (QED) is 0.107. The predicted molar refractivity (Wildman–Crippen MR) is 286 cm³/mol. The van der Waals surface area contributed by atoms with Crippen LogP contribution < -0.4 is 0 Å². The van der Waals surface area contributed by atoms with Crippen LogP contribution in [-0.2, 0) is 85.3 Å². The van der Waals surface area contributed by atoms with Gasteiger partial charge in [-0.3, -0.25) is 0 Å². The largest absolute Gasteiger partial charge is 0.387 e. The van der Waals surface area contributed by atoms with Crippen molar-refractivity contribution in [3.63, 3.8) is 0 Å². The molecule has 19 unspecified atom stereocenters. The smallest absolute Gasteiger partial charge is 0.187 e. The monoisotopic (exact) mass is 1330 g/mol. The topological polar surface area (TPSA) is 530 Å². The summed E-state index contributed by atoms with van der Waals surface area (Å²) in [4.78, 5) is 0. The molecule has 0 aromatic heterocycles. The van der Waals surface area contributed by atoms with Gasteiger partial charge in [0.1, 0.15) is 164 Å². The molecule has 0 amide bonds. The molecule has 0 spiro atoms. The zero-order valence-corrected chi connectivity index (χ0v) is 51.3. The van der Waals surface area contributed by atoms with E-state index in [0.717, 1.165) is 0 Å². The fraction of sp³-hybridized carbons (Fsp3) is 1.00. The Kier molecular flexibility index (Phi) is 22.6. The lowest BCUT2D eigenvalue weighted by Crippen LogP contribution is -2.70. The lowest BCUT2D eigenvalue weighted by atomic mass is 9.85. The SMILES string of the molecule is CC1O[C@@H]2O[C@@H]3C(C)O[C@H](O[C@@H]4C(C)O[C@H](O[C@@H]5C(C)O[C@@H](OC6(C)C(C)O[C@H](O[C@@H]7C(C)O[C@H](O[C@@H]8C(C)O[C@H](O[C@@H]9C(C)O[C@H](O[C@@H]%10C(C)O[C@H](O[C@H]1[C@H](O)C2O)C(O)[C@H]%10O)C(O)[C@H]9O)C(O)[C@H]8O)C(O)[C@H]7O)C(O)[C@H]6O)C(O)[C@H]5O)C(O)[C@H]4O)C(O)[C@H]3O. The van der Waals surface area contributed by atoms with Gasteiger partial charge in [0.2, 0.25) is 0 Å². The van der Waals surface area contributed by atoms with Gasteiger partial charge in [-0.15, -0.1) is 0 Å². The first-order valence-corrected chi connectivity index (χ1v) is 30.7. The van der Waals surface area contributed by atoms with Crippen LogP contribution in [0.4, 0.5) is 0 Å². The van der Waals surface area contributed by atoms with Crippen LogP contribution in [0.2, 0.25) is 0 Å². The highest BCUT2D eigenvalue weighted by Crippen LogP contribution is 2.42. The molecule has 0 saturated carbocycles. The molecule has 27 heterocycles. The van der Waals surface area contributed by atoms with Gasteiger partial charge in [-0.25, -0.2) is 0 Å². The average molecular weight is 1330 g/mol. The van der Waals surface area contributed by atoms with Gasteiger partial charge in [-0.2, -0.15) is 0 Å². The van der Waals surface area contributed by atoms with E-state index in [4.69, 9.17) is 85.3 Å². The fourth-order valence-corrected chi connectivity index (χ4v) is 13.3. The Morgan fingerprint density at radius 2 is 0.341 bits per heavy atom. The Hall–Kier alpha value is -1.44. The van der Waals surface area contributed by atoms with Gasteiger partial charge < -0.3 is 177 Å². The average Bonchev–Trinajstić information content (AvgIpc) is 0.796. The number of ether oxygens (including phenoxy) is 18. The summed E-state index contributed by atoms with van der Waals surface area (Å²) in [7, 11) is 0. The summed E-state index contributed by atoms with van der Waals surface area (Å²) in [5.74, 6) is 0. The van der Waals surface area contributed by atoms with E-state index in [9.17, 15) is 91.9 Å². The summed E-state index contributed by atoms with van der Waals surface area (Å²) in [6.07, 6.45) is -73.2. The van der Waals surface area contributed by atoms with E-state index in [1.165, 1.54) is 69.2 Å². The molecule has 18 bridgehead atoms. The molecule has 27 aliphatic heterocycles. The van der Waals surface area contributed by atoms with Crippen molar-refractivity contribution in [2.45, 2.75) is 345 Å². The number of hydrogen-bond acceptors (Lipinski definition) is 36. The third-order valence-corrected chi connectivity index (χ3v) is 19.2. The minimum atomic E-state index is -1.99. The van der Waals surface area contributed by atoms with Crippen LogP contribution in [0.5, 0.6) is 0 Å². The van der Waals surface area contributed by atoms with Crippen molar-refractivity contribution in [2.75, 3.05) is 0 Å². The lowest BCUT2D eigenvalue weighted by Gasteiger charge is -2.52. The normalized spacial score (nSPS) is 60.0. The summed E-state index contributed by atoms with van der Waals surface area (Å²) in [6.45, 7) is 13.9. The maximum Gasteiger partial charge on any atom is 0.187 e. The van der Waals surface area contributed by atoms with Crippen LogP contribution in [0, 0.1) is 0 Å². The van der Waals surface area contributed by atoms with Gasteiger partial charge in [-0.05, 0) is 69.2 Å². The Morgan fingerprint density at radius 3 is 0.527 bits per heavy atom. The summed E-state index contributed by atoms with van der Waals surface area (Å²) < 4.78 is 107. The van der Waals surface area contributed by atoms with Gasteiger partial charge in [0.05, 0.1) is 54.9 Å². The first-order valence-electron chi connectivity index (χ1n) is 30.7. The lowest BCUT2D eigenvalue weighted by molar-refractivity contribution is -0.405. The molecule has 18 N–H and O–H groups in total. The molecule has 36 nitrogen and oxygen atoms in total. The minimum absolute atomic E-state index is 1.20. The maximum absolute atomic E-state index is 11.7. The summed E-state index contributed by atoms with van der Waals surface area (Å²) in [5, 5.41) is 205. The highest BCUT2D eigenvalue weighted by Gasteiger charge is 2.61. The summed E-state index contributed by atoms with van der Waals surface area (Å²) >= 11 is 0. The van der Waals surface area contributed by atoms with Crippen molar-refractivity contribution in [1.82, 2.24) is 0 Å². The molecule has 27 saturated heterocycles. The van der Waals surface area contributed by atoms with Crippen LogP contribution >= 0.6 is 0 Å². The van der Waals surface area contributed by atoms with Gasteiger partial charge >= 0.3 is 0 Å². The third kappa shape index (κ3) is 13.8. The van der Waals surface area contributed by atoms with Gasteiger partial charge in [0.25, 0.3) is 0 Å². The second-order valence-corrected chi connectivity index (χ2v) is 25.7. The highest BCUT2D eigenvalue weighted by molar-refractivity contribution is 5.04. The van der Waals surface area contributed by atoms with Crippen molar-refractivity contribution < 1.29 is 177 Å². The van der Waals surface area contributed by atoms with E-state index in [1.807, 2.05) is 0 Å². The number of rotatable bonds is 0. The molecule has 91 heavy (non-hydrogen) atoms. The summed E-state index contributed by atoms with van der Waals surface area (Å²) in [6, 6.07) is 0. The maximum atomic E-state index is 11.7. The standard InChI is InChI=1S/C55H92O36/c1-11-37-20(56)28(64)46(74-11)83-38-12(2)75-48(29(65)21(38)57)85-40-14(4)77-50(31(67)23(40)59)87-42-16(6)79-52(33(69)25(42)61)89-44-18(8)81-54(35(71)27(44)63)91-55(10)19(9)82-53(36(72)45(55)73)90-43-17(7)80-51(34(70)26(43)62)88-41-15(5)78-49(32(68)24(41)60)86-39-13(3)76-47(84-37)30(66)22(39)58/h11-54,56-73H,1-10H3/t11?,12?,13?,14?,15?,16?,17?,18?,19?,20-,21-,22-,23-,24-,25-,26-,27-,28?,29?,30?,31?,32?,33?,34?,35?,36?,37-,38-,39-,40-,41-,42-,43-,44-,45-,46-,47-,48-,49-,50-,51-,52-,53-,54+,55?/m1/s1. The molecular formula is C55H92O36. The number of hydrogen-bond donors (Lipinski definition) is 18. The molecule has 0 aliphatic carbocycles. The van der Waals surface area contributed by atoms with Crippen LogP contribution in [-0.4, -0.2) is 368 Å². The molecule has 0 aromatic rings. The van der Waals surface area contributed by atoms with Crippen molar-refractivity contribution >= 4 is 0 Å². The Labute approximate surface area is 521 Å². The van der Waals surface area contributed by atoms with Crippen molar-refractivity contribution in [1.29, 1.82) is 0 Å². The Balaban J connectivity index is 0.853. The van der Waals surface area contributed by atoms with Gasteiger partial charge in [-0.1, -0.05) is 0 Å². The number of aliphatic hydroxyl groups is 18. The Morgan fingerprint density at radius 1 is 0.187 bits per heavy atom. The van der Waals surface area contributed by atoms with Gasteiger partial charge in [0.15, 0.2) is 56.6 Å². The second-order valence-electron chi connectivity index (χ2n) is 25.7. The molecule has 0 aromatic carbocycles. The van der Waals surface area contributed by atoms with Crippen molar-refractivity contribution in [2.24, 2.45) is 0 Å². The molecule has 0 radical (unpaired) electrons. The fourth-order valence-electron chi connectivity index (χ4n) is 13.3. The van der Waals surface area contributed by atoms with Crippen LogP contribution in [0.3, 0.4) is 0 Å². The van der Waals surface area contributed by atoms with E-state index in [2.05, 4.69) is 0 Å². The molecule has 45 atom stereocenters. The minimum Gasteiger partial charge on any atom is -0.387 e. The van der Waals surface area contributed by atoms with Crippen molar-refractivity contribution in [3.05, 3.63) is 0 Å². The van der Waals surface area contributed by atoms with Gasteiger partial charge in [0, 0.05) is 0 Å². The first-order chi connectivity index (χ1) is 42.6. The first kappa shape index (κ1) is 72.3. The zero-order valence-electron chi connectivity index (χ0n) is 51.3. The highest BCUT2D eigenvalue weighted by atomic mass is 16.8. The van der Waals surface area contributed by atoms with Crippen molar-refractivity contribution in [3.8, 4) is 0 Å². The zero-order chi connectivity index (χ0) is 66.6. The number of aliphatic hydroxyl groups excluding tert-OH is 18. The molecule has 27 aliphatic rings.